The minimum Gasteiger partial charge on any atom is -1.00 e. The number of halogens is 1. The van der Waals surface area contributed by atoms with Crippen molar-refractivity contribution in [1.82, 2.24) is 0 Å². The Bertz CT molecular complexity index is 423. The van der Waals surface area contributed by atoms with Crippen molar-refractivity contribution in [3.05, 3.63) is 42.1 Å². The summed E-state index contributed by atoms with van der Waals surface area (Å²) in [5, 5.41) is 1.30. The Labute approximate surface area is 95.4 Å². The molecule has 0 saturated heterocycles. The summed E-state index contributed by atoms with van der Waals surface area (Å²) in [4.78, 5) is 0. The molecule has 2 rings (SSSR count). The highest BCUT2D eigenvalue weighted by Gasteiger charge is 2.01. The number of nitrogens with zero attached hydrogens (tertiary/aromatic N) is 1. The Balaban J connectivity index is 0.000000845. The monoisotopic (exact) mass is 285 g/mol. The molecule has 13 heavy (non-hydrogen) atoms. The quantitative estimate of drug-likeness (QED) is 0.431. The van der Waals surface area contributed by atoms with Crippen molar-refractivity contribution in [2.75, 3.05) is 0 Å². The van der Waals surface area contributed by atoms with Crippen molar-refractivity contribution in [2.45, 2.75) is 6.92 Å². The molecule has 1 aromatic heterocycles. The van der Waals surface area contributed by atoms with Crippen molar-refractivity contribution in [1.29, 1.82) is 0 Å². The molecule has 0 spiro atoms. The summed E-state index contributed by atoms with van der Waals surface area (Å²) in [6, 6.07) is 10.7. The van der Waals surface area contributed by atoms with E-state index in [-0.39, 0.29) is 24.0 Å². The second kappa shape index (κ2) is 4.05. The van der Waals surface area contributed by atoms with Crippen LogP contribution in [0.4, 0.5) is 0 Å². The van der Waals surface area contributed by atoms with E-state index in [2.05, 4.69) is 55.1 Å². The van der Waals surface area contributed by atoms with Crippen LogP contribution in [0.15, 0.2) is 36.5 Å². The molecule has 0 aliphatic heterocycles. The van der Waals surface area contributed by atoms with Crippen LogP contribution in [0, 0.1) is 6.92 Å². The summed E-state index contributed by atoms with van der Waals surface area (Å²) in [6.45, 7) is 2.12. The lowest BCUT2D eigenvalue weighted by molar-refractivity contribution is -0.644. The lowest BCUT2D eigenvalue weighted by Crippen LogP contribution is -3.00. The van der Waals surface area contributed by atoms with Crippen LogP contribution in [-0.4, -0.2) is 0 Å². The van der Waals surface area contributed by atoms with Gasteiger partial charge in [0, 0.05) is 17.5 Å². The van der Waals surface area contributed by atoms with Crippen molar-refractivity contribution < 1.29 is 28.5 Å². The zero-order valence-electron chi connectivity index (χ0n) is 7.79. The predicted octanol–water partition coefficient (Wildman–Crippen LogP) is -1.02. The third-order valence-corrected chi connectivity index (χ3v) is 2.15. The van der Waals surface area contributed by atoms with Gasteiger partial charge in [-0.15, -0.1) is 0 Å². The third-order valence-electron chi connectivity index (χ3n) is 2.15. The first-order chi connectivity index (χ1) is 5.77. The van der Waals surface area contributed by atoms with Gasteiger partial charge in [-0.05, 0) is 24.6 Å². The topological polar surface area (TPSA) is 3.88 Å². The maximum atomic E-state index is 2.20. The van der Waals surface area contributed by atoms with E-state index < -0.39 is 0 Å². The fraction of sp³-hybridized carbons (Fsp3) is 0.182. The fourth-order valence-corrected chi connectivity index (χ4v) is 1.46. The largest absolute Gasteiger partial charge is 1.00 e. The Morgan fingerprint density at radius 3 is 2.69 bits per heavy atom. The van der Waals surface area contributed by atoms with Gasteiger partial charge in [0.1, 0.15) is 7.05 Å². The van der Waals surface area contributed by atoms with Gasteiger partial charge in [-0.3, -0.25) is 0 Å². The molecule has 0 aliphatic carbocycles. The maximum Gasteiger partial charge on any atom is 0.212 e. The molecule has 2 aromatic rings. The highest BCUT2D eigenvalue weighted by molar-refractivity contribution is 5.75. The van der Waals surface area contributed by atoms with Crippen molar-refractivity contribution in [3.63, 3.8) is 0 Å². The fourth-order valence-electron chi connectivity index (χ4n) is 1.46. The van der Waals surface area contributed by atoms with Crippen LogP contribution in [0.1, 0.15) is 5.56 Å². The minimum atomic E-state index is 0. The van der Waals surface area contributed by atoms with Crippen LogP contribution in [0.3, 0.4) is 0 Å². The van der Waals surface area contributed by atoms with Crippen LogP contribution >= 0.6 is 0 Å². The van der Waals surface area contributed by atoms with Crippen molar-refractivity contribution in [3.8, 4) is 0 Å². The molecule has 1 aromatic carbocycles. The molecule has 0 fully saturated rings. The number of fused-ring (bicyclic) bond motifs is 1. The molecule has 68 valence electrons. The van der Waals surface area contributed by atoms with E-state index in [9.17, 15) is 0 Å². The van der Waals surface area contributed by atoms with E-state index in [1.54, 1.807) is 0 Å². The average Bonchev–Trinajstić information content (AvgIpc) is 2.07. The Morgan fingerprint density at radius 1 is 1.15 bits per heavy atom. The lowest BCUT2D eigenvalue weighted by Gasteiger charge is -1.96. The maximum absolute atomic E-state index is 2.20. The smallest absolute Gasteiger partial charge is 0.212 e. The van der Waals surface area contributed by atoms with Crippen LogP contribution in [0.2, 0.25) is 0 Å². The molecular formula is C11H12IN. The van der Waals surface area contributed by atoms with Gasteiger partial charge in [-0.25, -0.2) is 4.57 Å². The van der Waals surface area contributed by atoms with Gasteiger partial charge in [-0.1, -0.05) is 6.07 Å². The second-order valence-corrected chi connectivity index (χ2v) is 3.18. The molecule has 0 amide bonds. The summed E-state index contributed by atoms with van der Waals surface area (Å²) >= 11 is 0. The normalized spacial score (nSPS) is 9.69. The summed E-state index contributed by atoms with van der Waals surface area (Å²) in [5.74, 6) is 0. The molecule has 2 heteroatoms. The van der Waals surface area contributed by atoms with Gasteiger partial charge in [0.15, 0.2) is 6.20 Å². The van der Waals surface area contributed by atoms with E-state index >= 15 is 0 Å². The number of hydrogen-bond acceptors (Lipinski definition) is 0. The van der Waals surface area contributed by atoms with Crippen molar-refractivity contribution in [2.24, 2.45) is 7.05 Å². The number of pyridine rings is 1. The van der Waals surface area contributed by atoms with Gasteiger partial charge in [0.05, 0.1) is 0 Å². The molecule has 1 nitrogen and oxygen atoms in total. The molecule has 0 N–H and O–H groups in total. The summed E-state index contributed by atoms with van der Waals surface area (Å²) in [6.07, 6.45) is 2.07. The van der Waals surface area contributed by atoms with E-state index in [1.165, 1.54) is 16.5 Å². The summed E-state index contributed by atoms with van der Waals surface area (Å²) in [7, 11) is 2.07. The van der Waals surface area contributed by atoms with Gasteiger partial charge in [0.2, 0.25) is 5.52 Å². The predicted molar refractivity (Wildman–Crippen MR) is 49.9 cm³/mol. The highest BCUT2D eigenvalue weighted by atomic mass is 127. The van der Waals surface area contributed by atoms with Crippen LogP contribution < -0.4 is 28.5 Å². The van der Waals surface area contributed by atoms with Gasteiger partial charge in [-0.2, -0.15) is 0 Å². The van der Waals surface area contributed by atoms with E-state index in [1.807, 2.05) is 0 Å². The van der Waals surface area contributed by atoms with E-state index in [0.29, 0.717) is 0 Å². The first kappa shape index (κ1) is 10.4. The first-order valence-corrected chi connectivity index (χ1v) is 4.12. The van der Waals surface area contributed by atoms with Gasteiger partial charge in [0.25, 0.3) is 0 Å². The van der Waals surface area contributed by atoms with Gasteiger partial charge < -0.3 is 24.0 Å². The summed E-state index contributed by atoms with van der Waals surface area (Å²) in [5.41, 5.74) is 2.60. The molecule has 0 atom stereocenters. The highest BCUT2D eigenvalue weighted by Crippen LogP contribution is 2.10. The average molecular weight is 285 g/mol. The molecule has 0 bridgehead atoms. The SMILES string of the molecule is Cc1ccc2ccc[n+](C)c2c1.[I-]. The molecule has 0 radical (unpaired) electrons. The standard InChI is InChI=1S/C11H12N.HI/c1-9-5-6-10-4-3-7-12(2)11(10)8-9;/h3-8H,1-2H3;1H/q+1;/p-1. The summed E-state index contributed by atoms with van der Waals surface area (Å²) < 4.78 is 2.14. The Hall–Kier alpha value is -0.640. The zero-order chi connectivity index (χ0) is 8.55. The van der Waals surface area contributed by atoms with Crippen LogP contribution in [0.25, 0.3) is 10.9 Å². The number of aromatic nitrogens is 1. The van der Waals surface area contributed by atoms with Crippen LogP contribution in [-0.2, 0) is 7.05 Å². The molecular weight excluding hydrogens is 273 g/mol. The van der Waals surface area contributed by atoms with Gasteiger partial charge >= 0.3 is 0 Å². The molecule has 0 aliphatic rings. The van der Waals surface area contributed by atoms with E-state index in [4.69, 9.17) is 0 Å². The Kier molecular flexibility index (Phi) is 3.25. The second-order valence-electron chi connectivity index (χ2n) is 3.18. The number of benzene rings is 1. The number of rotatable bonds is 0. The molecule has 0 unspecified atom stereocenters. The van der Waals surface area contributed by atoms with Crippen molar-refractivity contribution >= 4 is 10.9 Å². The third kappa shape index (κ3) is 1.99. The molecule has 1 heterocycles. The van der Waals surface area contributed by atoms with E-state index in [0.717, 1.165) is 0 Å². The first-order valence-electron chi connectivity index (χ1n) is 4.12. The zero-order valence-corrected chi connectivity index (χ0v) is 9.95. The minimum absolute atomic E-state index is 0. The molecule has 0 saturated carbocycles. The number of aryl methyl sites for hydroxylation is 2. The Morgan fingerprint density at radius 2 is 1.92 bits per heavy atom. The number of hydrogen-bond donors (Lipinski definition) is 0. The lowest BCUT2D eigenvalue weighted by atomic mass is 10.1. The van der Waals surface area contributed by atoms with Crippen LogP contribution in [0.5, 0.6) is 0 Å².